The van der Waals surface area contributed by atoms with Gasteiger partial charge in [-0.05, 0) is 17.9 Å². The molecule has 0 saturated carbocycles. The molecule has 2 aromatic rings. The van der Waals surface area contributed by atoms with Gasteiger partial charge in [0.15, 0.2) is 0 Å². The van der Waals surface area contributed by atoms with Gasteiger partial charge in [0, 0.05) is 13.1 Å². The molecule has 1 aliphatic rings. The van der Waals surface area contributed by atoms with Crippen molar-refractivity contribution in [3.05, 3.63) is 17.3 Å². The molecule has 0 spiro atoms. The molecule has 88 valence electrons. The minimum Gasteiger partial charge on any atom is -0.481 e. The first-order chi connectivity index (χ1) is 8.16. The Kier molecular flexibility index (Phi) is 2.25. The van der Waals surface area contributed by atoms with Gasteiger partial charge < -0.3 is 10.0 Å². The highest BCUT2D eigenvalue weighted by Gasteiger charge is 2.34. The zero-order chi connectivity index (χ0) is 12.0. The van der Waals surface area contributed by atoms with Crippen molar-refractivity contribution in [3.8, 4) is 0 Å². The van der Waals surface area contributed by atoms with Gasteiger partial charge in [0.05, 0.1) is 16.1 Å². The maximum atomic E-state index is 10.8. The van der Waals surface area contributed by atoms with Crippen LogP contribution in [0.2, 0.25) is 0 Å². The molecular weight excluding hydrogens is 238 g/mol. The Hall–Kier alpha value is -1.69. The van der Waals surface area contributed by atoms with Crippen molar-refractivity contribution in [2.24, 2.45) is 5.92 Å². The number of thiophene rings is 1. The number of anilines is 1. The number of rotatable bonds is 2. The molecule has 0 bridgehead atoms. The van der Waals surface area contributed by atoms with E-state index in [-0.39, 0.29) is 5.92 Å². The zero-order valence-corrected chi connectivity index (χ0v) is 10.1. The Labute approximate surface area is 102 Å². The number of carboxylic acid groups (broad SMARTS) is 1. The van der Waals surface area contributed by atoms with E-state index >= 15 is 0 Å². The summed E-state index contributed by atoms with van der Waals surface area (Å²) in [5, 5.41) is 10.9. The van der Waals surface area contributed by atoms with E-state index < -0.39 is 5.97 Å². The van der Waals surface area contributed by atoms with Gasteiger partial charge in [-0.2, -0.15) is 0 Å². The van der Waals surface area contributed by atoms with Crippen LogP contribution in [0.3, 0.4) is 0 Å². The van der Waals surface area contributed by atoms with Crippen LogP contribution in [0.25, 0.3) is 10.2 Å². The summed E-state index contributed by atoms with van der Waals surface area (Å²) in [4.78, 5) is 21.3. The van der Waals surface area contributed by atoms with Crippen LogP contribution in [0.15, 0.2) is 11.7 Å². The topological polar surface area (TPSA) is 66.3 Å². The summed E-state index contributed by atoms with van der Waals surface area (Å²) < 4.78 is 1.05. The third-order valence-corrected chi connectivity index (χ3v) is 4.13. The van der Waals surface area contributed by atoms with Gasteiger partial charge in [0.2, 0.25) is 0 Å². The Bertz CT molecular complexity index is 589. The van der Waals surface area contributed by atoms with Gasteiger partial charge >= 0.3 is 5.97 Å². The number of carboxylic acids is 1. The molecule has 0 aromatic carbocycles. The molecule has 5 nitrogen and oxygen atoms in total. The lowest BCUT2D eigenvalue weighted by atomic mass is 10.0. The zero-order valence-electron chi connectivity index (χ0n) is 9.25. The molecule has 6 heteroatoms. The van der Waals surface area contributed by atoms with E-state index in [1.165, 1.54) is 0 Å². The number of carbonyl (C=O) groups is 1. The predicted molar refractivity (Wildman–Crippen MR) is 65.5 cm³/mol. The molecule has 17 heavy (non-hydrogen) atoms. The van der Waals surface area contributed by atoms with Crippen LogP contribution in [0.4, 0.5) is 5.82 Å². The van der Waals surface area contributed by atoms with Crippen LogP contribution in [0.5, 0.6) is 0 Å². The SMILES string of the molecule is Cc1csc2c(N3CC(C(=O)O)C3)ncnc12. The third kappa shape index (κ3) is 1.56. The average molecular weight is 249 g/mol. The summed E-state index contributed by atoms with van der Waals surface area (Å²) in [7, 11) is 0. The largest absolute Gasteiger partial charge is 0.481 e. The van der Waals surface area contributed by atoms with Crippen molar-refractivity contribution in [2.75, 3.05) is 18.0 Å². The van der Waals surface area contributed by atoms with Crippen LogP contribution >= 0.6 is 11.3 Å². The quantitative estimate of drug-likeness (QED) is 0.874. The molecule has 2 aromatic heterocycles. The molecule has 3 rings (SSSR count). The number of hydrogen-bond acceptors (Lipinski definition) is 5. The summed E-state index contributed by atoms with van der Waals surface area (Å²) >= 11 is 1.61. The molecule has 0 unspecified atom stereocenters. The van der Waals surface area contributed by atoms with E-state index in [9.17, 15) is 4.79 Å². The van der Waals surface area contributed by atoms with E-state index in [0.717, 1.165) is 21.6 Å². The second-order valence-electron chi connectivity index (χ2n) is 4.23. The highest BCUT2D eigenvalue weighted by Crippen LogP contribution is 2.33. The van der Waals surface area contributed by atoms with Crippen molar-refractivity contribution in [2.45, 2.75) is 6.92 Å². The summed E-state index contributed by atoms with van der Waals surface area (Å²) in [6.07, 6.45) is 1.55. The monoisotopic (exact) mass is 249 g/mol. The lowest BCUT2D eigenvalue weighted by Crippen LogP contribution is -2.50. The van der Waals surface area contributed by atoms with Gasteiger partial charge in [-0.1, -0.05) is 0 Å². The maximum absolute atomic E-state index is 10.8. The van der Waals surface area contributed by atoms with Crippen molar-refractivity contribution in [3.63, 3.8) is 0 Å². The number of hydrogen-bond donors (Lipinski definition) is 1. The lowest BCUT2D eigenvalue weighted by molar-refractivity contribution is -0.142. The molecule has 3 heterocycles. The van der Waals surface area contributed by atoms with Gasteiger partial charge in [0.25, 0.3) is 0 Å². The van der Waals surface area contributed by atoms with Crippen molar-refractivity contribution in [1.82, 2.24) is 9.97 Å². The molecule has 1 N–H and O–H groups in total. The standard InChI is InChI=1S/C11H11N3O2S/c1-6-4-17-9-8(6)12-5-13-10(9)14-2-7(3-14)11(15)16/h4-5,7H,2-3H2,1H3,(H,15,16). The normalized spacial score (nSPS) is 16.2. The molecular formula is C11H11N3O2S. The second kappa shape index (κ2) is 3.66. The lowest BCUT2D eigenvalue weighted by Gasteiger charge is -2.37. The van der Waals surface area contributed by atoms with Gasteiger partial charge in [-0.25, -0.2) is 9.97 Å². The molecule has 1 saturated heterocycles. The fraction of sp³-hybridized carbons (Fsp3) is 0.364. The summed E-state index contributed by atoms with van der Waals surface area (Å²) in [6.45, 7) is 3.10. The molecule has 1 fully saturated rings. The van der Waals surface area contributed by atoms with E-state index in [2.05, 4.69) is 15.3 Å². The van der Waals surface area contributed by atoms with Gasteiger partial charge in [-0.15, -0.1) is 11.3 Å². The fourth-order valence-electron chi connectivity index (χ4n) is 1.99. The second-order valence-corrected chi connectivity index (χ2v) is 5.11. The van der Waals surface area contributed by atoms with E-state index in [1.807, 2.05) is 11.8 Å². The number of fused-ring (bicyclic) bond motifs is 1. The maximum Gasteiger partial charge on any atom is 0.310 e. The minimum absolute atomic E-state index is 0.263. The number of aryl methyl sites for hydroxylation is 1. The van der Waals surface area contributed by atoms with Crippen molar-refractivity contribution >= 4 is 33.3 Å². The average Bonchev–Trinajstić information content (AvgIpc) is 2.59. The van der Waals surface area contributed by atoms with Crippen LogP contribution < -0.4 is 4.90 Å². The highest BCUT2D eigenvalue weighted by atomic mass is 32.1. The first-order valence-corrected chi connectivity index (χ1v) is 6.21. The van der Waals surface area contributed by atoms with E-state index in [4.69, 9.17) is 5.11 Å². The van der Waals surface area contributed by atoms with Gasteiger partial charge in [-0.3, -0.25) is 4.79 Å². The fourth-order valence-corrected chi connectivity index (χ4v) is 3.01. The molecule has 0 amide bonds. The third-order valence-electron chi connectivity index (χ3n) is 3.04. The smallest absolute Gasteiger partial charge is 0.310 e. The van der Waals surface area contributed by atoms with E-state index in [1.54, 1.807) is 17.7 Å². The van der Waals surface area contributed by atoms with Crippen LogP contribution in [-0.4, -0.2) is 34.1 Å². The summed E-state index contributed by atoms with van der Waals surface area (Å²) in [5.41, 5.74) is 2.11. The van der Waals surface area contributed by atoms with Gasteiger partial charge in [0.1, 0.15) is 12.1 Å². The Morgan fingerprint density at radius 1 is 1.53 bits per heavy atom. The Morgan fingerprint density at radius 2 is 2.29 bits per heavy atom. The van der Waals surface area contributed by atoms with Crippen molar-refractivity contribution < 1.29 is 9.90 Å². The molecule has 0 radical (unpaired) electrons. The van der Waals surface area contributed by atoms with Crippen LogP contribution in [-0.2, 0) is 4.79 Å². The van der Waals surface area contributed by atoms with Crippen LogP contribution in [0, 0.1) is 12.8 Å². The highest BCUT2D eigenvalue weighted by molar-refractivity contribution is 7.18. The first kappa shape index (κ1) is 10.5. The number of aliphatic carboxylic acids is 1. The van der Waals surface area contributed by atoms with Crippen LogP contribution in [0.1, 0.15) is 5.56 Å². The molecule has 1 aliphatic heterocycles. The van der Waals surface area contributed by atoms with Crippen molar-refractivity contribution in [1.29, 1.82) is 0 Å². The Morgan fingerprint density at radius 3 is 3.00 bits per heavy atom. The molecule has 0 atom stereocenters. The molecule has 0 aliphatic carbocycles. The number of aromatic nitrogens is 2. The number of nitrogens with zero attached hydrogens (tertiary/aromatic N) is 3. The summed E-state index contributed by atoms with van der Waals surface area (Å²) in [6, 6.07) is 0. The minimum atomic E-state index is -0.728. The van der Waals surface area contributed by atoms with E-state index in [0.29, 0.717) is 13.1 Å². The summed E-state index contributed by atoms with van der Waals surface area (Å²) in [5.74, 6) is -0.124. The first-order valence-electron chi connectivity index (χ1n) is 5.33. The Balaban J connectivity index is 1.94. The predicted octanol–water partition coefficient (Wildman–Crippen LogP) is 1.52.